The SMILES string of the molecule is Cc1ccc2c(c1)CCCN2C(=O)CCCn1nc(-c2ccccc2)ccc1=O. The quantitative estimate of drug-likeness (QED) is 0.665. The lowest BCUT2D eigenvalue weighted by Gasteiger charge is -2.30. The average molecular weight is 387 g/mol. The summed E-state index contributed by atoms with van der Waals surface area (Å²) in [5.74, 6) is 0.113. The zero-order valence-electron chi connectivity index (χ0n) is 16.7. The first kappa shape index (κ1) is 19.1. The van der Waals surface area contributed by atoms with Crippen LogP contribution in [-0.4, -0.2) is 22.2 Å². The highest BCUT2D eigenvalue weighted by Crippen LogP contribution is 2.28. The van der Waals surface area contributed by atoms with E-state index in [0.29, 0.717) is 19.4 Å². The summed E-state index contributed by atoms with van der Waals surface area (Å²) in [6.07, 6.45) is 2.99. The van der Waals surface area contributed by atoms with Crippen molar-refractivity contribution in [3.63, 3.8) is 0 Å². The molecule has 148 valence electrons. The molecule has 0 atom stereocenters. The molecule has 1 aliphatic heterocycles. The van der Waals surface area contributed by atoms with Crippen LogP contribution in [0.15, 0.2) is 65.5 Å². The van der Waals surface area contributed by atoms with Crippen molar-refractivity contribution in [2.75, 3.05) is 11.4 Å². The fourth-order valence-corrected chi connectivity index (χ4v) is 3.87. The van der Waals surface area contributed by atoms with Crippen LogP contribution in [0.4, 0.5) is 5.69 Å². The molecule has 4 rings (SSSR count). The van der Waals surface area contributed by atoms with E-state index < -0.39 is 0 Å². The van der Waals surface area contributed by atoms with Crippen LogP contribution in [0.1, 0.15) is 30.4 Å². The average Bonchev–Trinajstić information content (AvgIpc) is 2.75. The summed E-state index contributed by atoms with van der Waals surface area (Å²) in [6, 6.07) is 19.4. The predicted molar refractivity (Wildman–Crippen MR) is 115 cm³/mol. The Morgan fingerprint density at radius 3 is 2.72 bits per heavy atom. The van der Waals surface area contributed by atoms with Gasteiger partial charge in [0.05, 0.1) is 5.69 Å². The molecule has 0 N–H and O–H groups in total. The van der Waals surface area contributed by atoms with Crippen LogP contribution in [0.5, 0.6) is 0 Å². The van der Waals surface area contributed by atoms with Crippen LogP contribution in [0.25, 0.3) is 11.3 Å². The number of fused-ring (bicyclic) bond motifs is 1. The number of carbonyl (C=O) groups excluding carboxylic acids is 1. The number of aryl methyl sites for hydroxylation is 3. The van der Waals surface area contributed by atoms with Crippen LogP contribution < -0.4 is 10.5 Å². The summed E-state index contributed by atoms with van der Waals surface area (Å²) < 4.78 is 1.46. The fourth-order valence-electron chi connectivity index (χ4n) is 3.87. The number of hydrogen-bond donors (Lipinski definition) is 0. The van der Waals surface area contributed by atoms with Gasteiger partial charge in [-0.2, -0.15) is 5.10 Å². The van der Waals surface area contributed by atoms with Gasteiger partial charge < -0.3 is 4.90 Å². The van der Waals surface area contributed by atoms with Crippen LogP contribution >= 0.6 is 0 Å². The van der Waals surface area contributed by atoms with Crippen molar-refractivity contribution in [2.45, 2.75) is 39.2 Å². The van der Waals surface area contributed by atoms with Gasteiger partial charge in [-0.1, -0.05) is 48.0 Å². The standard InChI is InChI=1S/C24H25N3O2/c1-18-11-13-22-20(17-18)9-5-15-26(22)23(28)10-6-16-27-24(29)14-12-21(25-27)19-7-3-2-4-8-19/h2-4,7-8,11-14,17H,5-6,9-10,15-16H2,1H3. The highest BCUT2D eigenvalue weighted by atomic mass is 16.2. The van der Waals surface area contributed by atoms with E-state index in [4.69, 9.17) is 0 Å². The Bertz CT molecular complexity index is 1070. The lowest BCUT2D eigenvalue weighted by Crippen LogP contribution is -2.35. The van der Waals surface area contributed by atoms with Crippen LogP contribution in [0.2, 0.25) is 0 Å². The first-order chi connectivity index (χ1) is 14.1. The van der Waals surface area contributed by atoms with E-state index in [9.17, 15) is 9.59 Å². The molecule has 0 saturated carbocycles. The lowest BCUT2D eigenvalue weighted by molar-refractivity contribution is -0.118. The van der Waals surface area contributed by atoms with Gasteiger partial charge in [-0.15, -0.1) is 0 Å². The second-order valence-corrected chi connectivity index (χ2v) is 7.53. The molecular weight excluding hydrogens is 362 g/mol. The molecule has 1 amide bonds. The number of anilines is 1. The predicted octanol–water partition coefficient (Wildman–Crippen LogP) is 3.98. The maximum Gasteiger partial charge on any atom is 0.266 e. The zero-order valence-corrected chi connectivity index (χ0v) is 16.7. The summed E-state index contributed by atoms with van der Waals surface area (Å²) in [7, 11) is 0. The Hall–Kier alpha value is -3.21. The molecule has 1 aromatic heterocycles. The van der Waals surface area contributed by atoms with Gasteiger partial charge in [0, 0.05) is 36.8 Å². The van der Waals surface area contributed by atoms with E-state index in [0.717, 1.165) is 36.3 Å². The fraction of sp³-hybridized carbons (Fsp3) is 0.292. The number of benzene rings is 2. The van der Waals surface area contributed by atoms with E-state index in [2.05, 4.69) is 30.2 Å². The van der Waals surface area contributed by atoms with E-state index in [1.807, 2.05) is 35.2 Å². The minimum Gasteiger partial charge on any atom is -0.312 e. The van der Waals surface area contributed by atoms with Gasteiger partial charge in [0.15, 0.2) is 0 Å². The van der Waals surface area contributed by atoms with Crippen LogP contribution in [0, 0.1) is 6.92 Å². The maximum absolute atomic E-state index is 12.8. The second kappa shape index (κ2) is 8.43. The Morgan fingerprint density at radius 2 is 1.90 bits per heavy atom. The van der Waals surface area contributed by atoms with E-state index >= 15 is 0 Å². The lowest BCUT2D eigenvalue weighted by atomic mass is 9.99. The second-order valence-electron chi connectivity index (χ2n) is 7.53. The molecule has 0 bridgehead atoms. The Kier molecular flexibility index (Phi) is 5.56. The summed E-state index contributed by atoms with van der Waals surface area (Å²) in [5.41, 5.74) is 5.10. The van der Waals surface area contributed by atoms with E-state index in [1.54, 1.807) is 12.1 Å². The van der Waals surface area contributed by atoms with Gasteiger partial charge in [0.25, 0.3) is 5.56 Å². The zero-order chi connectivity index (χ0) is 20.2. The van der Waals surface area contributed by atoms with Gasteiger partial charge in [-0.05, 0) is 43.9 Å². The highest BCUT2D eigenvalue weighted by molar-refractivity contribution is 5.94. The minimum atomic E-state index is -0.143. The summed E-state index contributed by atoms with van der Waals surface area (Å²) in [4.78, 5) is 26.9. The Balaban J connectivity index is 1.42. The molecule has 0 radical (unpaired) electrons. The van der Waals surface area contributed by atoms with Gasteiger partial charge in [-0.3, -0.25) is 9.59 Å². The highest BCUT2D eigenvalue weighted by Gasteiger charge is 2.22. The molecule has 0 saturated heterocycles. The van der Waals surface area contributed by atoms with Crippen LogP contribution in [0.3, 0.4) is 0 Å². The third-order valence-electron chi connectivity index (χ3n) is 5.35. The molecule has 2 heterocycles. The Morgan fingerprint density at radius 1 is 1.07 bits per heavy atom. The van der Waals surface area contributed by atoms with Crippen molar-refractivity contribution in [2.24, 2.45) is 0 Å². The Labute approximate surface area is 170 Å². The topological polar surface area (TPSA) is 55.2 Å². The molecule has 0 unspecified atom stereocenters. The molecule has 0 aliphatic carbocycles. The van der Waals surface area contributed by atoms with E-state index in [-0.39, 0.29) is 11.5 Å². The number of nitrogens with zero attached hydrogens (tertiary/aromatic N) is 3. The number of hydrogen-bond acceptors (Lipinski definition) is 3. The maximum atomic E-state index is 12.8. The first-order valence-corrected chi connectivity index (χ1v) is 10.2. The van der Waals surface area contributed by atoms with Crippen molar-refractivity contribution in [1.29, 1.82) is 0 Å². The summed E-state index contributed by atoms with van der Waals surface area (Å²) >= 11 is 0. The number of amides is 1. The molecule has 1 aliphatic rings. The number of carbonyl (C=O) groups is 1. The summed E-state index contributed by atoms with van der Waals surface area (Å²) in [6.45, 7) is 3.27. The molecule has 0 fully saturated rings. The number of rotatable bonds is 5. The van der Waals surface area contributed by atoms with Crippen molar-refractivity contribution in [3.05, 3.63) is 82.1 Å². The van der Waals surface area contributed by atoms with Gasteiger partial charge in [-0.25, -0.2) is 4.68 Å². The van der Waals surface area contributed by atoms with E-state index in [1.165, 1.54) is 15.8 Å². The first-order valence-electron chi connectivity index (χ1n) is 10.2. The molecule has 5 heteroatoms. The minimum absolute atomic E-state index is 0.113. The van der Waals surface area contributed by atoms with Gasteiger partial charge in [0.2, 0.25) is 5.91 Å². The largest absolute Gasteiger partial charge is 0.312 e. The molecule has 0 spiro atoms. The normalized spacial score (nSPS) is 13.2. The van der Waals surface area contributed by atoms with Crippen LogP contribution in [-0.2, 0) is 17.8 Å². The van der Waals surface area contributed by atoms with Crippen molar-refractivity contribution in [3.8, 4) is 11.3 Å². The van der Waals surface area contributed by atoms with Gasteiger partial charge in [0.1, 0.15) is 0 Å². The molecular formula is C24H25N3O2. The number of aromatic nitrogens is 2. The molecule has 5 nitrogen and oxygen atoms in total. The molecule has 3 aromatic rings. The third kappa shape index (κ3) is 4.29. The monoisotopic (exact) mass is 387 g/mol. The smallest absolute Gasteiger partial charge is 0.266 e. The van der Waals surface area contributed by atoms with Crippen molar-refractivity contribution in [1.82, 2.24) is 9.78 Å². The summed E-state index contributed by atoms with van der Waals surface area (Å²) in [5, 5.41) is 4.48. The van der Waals surface area contributed by atoms with Crippen molar-refractivity contribution >= 4 is 11.6 Å². The van der Waals surface area contributed by atoms with Gasteiger partial charge >= 0.3 is 0 Å². The molecule has 29 heavy (non-hydrogen) atoms. The third-order valence-corrected chi connectivity index (χ3v) is 5.35. The van der Waals surface area contributed by atoms with Crippen molar-refractivity contribution < 1.29 is 4.79 Å². The molecule has 2 aromatic carbocycles.